The minimum atomic E-state index is -3.51. The van der Waals surface area contributed by atoms with Crippen LogP contribution in [-0.2, 0) is 16.4 Å². The molecule has 9 heteroatoms. The highest BCUT2D eigenvalue weighted by Gasteiger charge is 2.28. The van der Waals surface area contributed by atoms with Gasteiger partial charge in [-0.1, -0.05) is 6.92 Å². The lowest BCUT2D eigenvalue weighted by atomic mass is 10.0. The van der Waals surface area contributed by atoms with E-state index in [-0.39, 0.29) is 10.8 Å². The Kier molecular flexibility index (Phi) is 7.52. The number of carbonyl (C=O) groups excluding carboxylic acids is 1. The summed E-state index contributed by atoms with van der Waals surface area (Å²) in [6.45, 7) is 3.77. The van der Waals surface area contributed by atoms with Crippen molar-refractivity contribution < 1.29 is 13.2 Å². The number of benzene rings is 1. The maximum atomic E-state index is 12.8. The van der Waals surface area contributed by atoms with Gasteiger partial charge in [0.1, 0.15) is 0 Å². The van der Waals surface area contributed by atoms with Crippen LogP contribution in [0.4, 0.5) is 0 Å². The number of hydrogen-bond donors (Lipinski definition) is 1. The summed E-state index contributed by atoms with van der Waals surface area (Å²) in [4.78, 5) is 21.4. The molecule has 174 valence electrons. The van der Waals surface area contributed by atoms with Crippen LogP contribution in [0.15, 0.2) is 59.1 Å². The molecule has 1 N–H and O–H groups in total. The molecule has 0 spiro atoms. The van der Waals surface area contributed by atoms with E-state index in [0.29, 0.717) is 31.1 Å². The first kappa shape index (κ1) is 23.5. The van der Waals surface area contributed by atoms with Crippen LogP contribution in [-0.4, -0.2) is 48.2 Å². The van der Waals surface area contributed by atoms with Gasteiger partial charge in [0.05, 0.1) is 15.6 Å². The van der Waals surface area contributed by atoms with Crippen LogP contribution < -0.4 is 5.32 Å². The second kappa shape index (κ2) is 10.5. The van der Waals surface area contributed by atoms with Crippen molar-refractivity contribution in [3.63, 3.8) is 0 Å². The fraction of sp³-hybridized carbons (Fsp3) is 0.375. The van der Waals surface area contributed by atoms with E-state index in [2.05, 4.69) is 22.2 Å². The number of rotatable bonds is 8. The van der Waals surface area contributed by atoms with Crippen molar-refractivity contribution in [3.05, 3.63) is 64.7 Å². The van der Waals surface area contributed by atoms with Crippen molar-refractivity contribution in [1.82, 2.24) is 19.6 Å². The molecule has 0 atom stereocenters. The molecule has 0 unspecified atom stereocenters. The van der Waals surface area contributed by atoms with E-state index in [1.807, 2.05) is 17.5 Å². The summed E-state index contributed by atoms with van der Waals surface area (Å²) in [6, 6.07) is 10.1. The molecule has 7 nitrogen and oxygen atoms in total. The van der Waals surface area contributed by atoms with Crippen molar-refractivity contribution in [2.75, 3.05) is 19.6 Å². The third-order valence-electron chi connectivity index (χ3n) is 5.88. The molecule has 33 heavy (non-hydrogen) atoms. The summed E-state index contributed by atoms with van der Waals surface area (Å²) in [5, 5.41) is 5.96. The first-order chi connectivity index (χ1) is 15.9. The number of piperidine rings is 1. The van der Waals surface area contributed by atoms with Gasteiger partial charge < -0.3 is 5.32 Å². The van der Waals surface area contributed by atoms with Crippen LogP contribution in [0.25, 0.3) is 11.3 Å². The first-order valence-corrected chi connectivity index (χ1v) is 13.5. The third kappa shape index (κ3) is 5.85. The van der Waals surface area contributed by atoms with Crippen LogP contribution in [0, 0.1) is 5.92 Å². The van der Waals surface area contributed by atoms with Gasteiger partial charge in [-0.2, -0.15) is 4.31 Å². The summed E-state index contributed by atoms with van der Waals surface area (Å²) in [7, 11) is -3.51. The largest absolute Gasteiger partial charge is 0.352 e. The molecule has 0 radical (unpaired) electrons. The molecule has 1 saturated heterocycles. The molecule has 3 aromatic rings. The SMILES string of the molecule is CC1CCN(S(=O)(=O)c2ccc(C(=O)NCCCc3nc(-c4ccncc4)cs3)cc2)CC1. The number of amides is 1. The van der Waals surface area contributed by atoms with Crippen molar-refractivity contribution in [2.24, 2.45) is 5.92 Å². The molecule has 1 amide bonds. The van der Waals surface area contributed by atoms with Crippen molar-refractivity contribution in [1.29, 1.82) is 0 Å². The van der Waals surface area contributed by atoms with Gasteiger partial charge in [-0.25, -0.2) is 13.4 Å². The van der Waals surface area contributed by atoms with Crippen molar-refractivity contribution in [3.8, 4) is 11.3 Å². The summed E-state index contributed by atoms with van der Waals surface area (Å²) < 4.78 is 27.2. The Morgan fingerprint density at radius 3 is 2.52 bits per heavy atom. The van der Waals surface area contributed by atoms with Crippen LogP contribution in [0.1, 0.15) is 41.6 Å². The lowest BCUT2D eigenvalue weighted by molar-refractivity contribution is 0.0953. The van der Waals surface area contributed by atoms with Crippen LogP contribution in [0.5, 0.6) is 0 Å². The van der Waals surface area contributed by atoms with Crippen LogP contribution in [0.3, 0.4) is 0 Å². The minimum Gasteiger partial charge on any atom is -0.352 e. The van der Waals surface area contributed by atoms with Gasteiger partial charge in [0.25, 0.3) is 5.91 Å². The Hall–Kier alpha value is -2.62. The van der Waals surface area contributed by atoms with Gasteiger partial charge in [-0.3, -0.25) is 9.78 Å². The smallest absolute Gasteiger partial charge is 0.251 e. The van der Waals surface area contributed by atoms with Crippen molar-refractivity contribution in [2.45, 2.75) is 37.5 Å². The summed E-state index contributed by atoms with van der Waals surface area (Å²) in [6.07, 6.45) is 6.81. The molecule has 0 saturated carbocycles. The number of thiazole rings is 1. The molecular formula is C24H28N4O3S2. The quantitative estimate of drug-likeness (QED) is 0.488. The standard InChI is InChI=1S/C24H28N4O3S2/c1-18-10-15-28(16-11-18)33(30,31)21-6-4-20(5-7-21)24(29)26-12-2-3-23-27-22(17-32-23)19-8-13-25-14-9-19/h4-9,13-14,17-18H,2-3,10-12,15-16H2,1H3,(H,26,29). The number of aromatic nitrogens is 2. The minimum absolute atomic E-state index is 0.206. The third-order valence-corrected chi connectivity index (χ3v) is 8.70. The van der Waals surface area contributed by atoms with Crippen LogP contribution >= 0.6 is 11.3 Å². The number of sulfonamides is 1. The van der Waals surface area contributed by atoms with E-state index in [1.165, 1.54) is 12.1 Å². The molecule has 1 aliphatic rings. The second-order valence-electron chi connectivity index (χ2n) is 8.33. The lowest BCUT2D eigenvalue weighted by Gasteiger charge is -2.29. The monoisotopic (exact) mass is 484 g/mol. The zero-order valence-corrected chi connectivity index (χ0v) is 20.2. The molecule has 1 aromatic carbocycles. The number of aryl methyl sites for hydroxylation is 1. The normalized spacial score (nSPS) is 15.4. The second-order valence-corrected chi connectivity index (χ2v) is 11.2. The number of pyridine rings is 1. The summed E-state index contributed by atoms with van der Waals surface area (Å²) >= 11 is 1.61. The maximum Gasteiger partial charge on any atom is 0.251 e. The average Bonchev–Trinajstić information content (AvgIpc) is 3.32. The molecule has 1 aliphatic heterocycles. The summed E-state index contributed by atoms with van der Waals surface area (Å²) in [5.41, 5.74) is 2.44. The Morgan fingerprint density at radius 1 is 1.12 bits per heavy atom. The van der Waals surface area contributed by atoms with E-state index < -0.39 is 10.0 Å². The lowest BCUT2D eigenvalue weighted by Crippen LogP contribution is -2.37. The van der Waals surface area contributed by atoms with Gasteiger partial charge >= 0.3 is 0 Å². The fourth-order valence-electron chi connectivity index (χ4n) is 3.78. The highest BCUT2D eigenvalue weighted by atomic mass is 32.2. The van der Waals surface area contributed by atoms with Crippen molar-refractivity contribution >= 4 is 27.3 Å². The zero-order valence-electron chi connectivity index (χ0n) is 18.6. The average molecular weight is 485 g/mol. The van der Waals surface area contributed by atoms with Gasteiger partial charge in [0.15, 0.2) is 0 Å². The number of hydrogen-bond acceptors (Lipinski definition) is 6. The molecular weight excluding hydrogens is 456 g/mol. The maximum absolute atomic E-state index is 12.8. The first-order valence-electron chi connectivity index (χ1n) is 11.2. The van der Waals surface area contributed by atoms with Gasteiger partial charge in [0, 0.05) is 55.0 Å². The molecule has 0 aliphatic carbocycles. The molecule has 4 rings (SSSR count). The molecule has 3 heterocycles. The van der Waals surface area contributed by atoms with Gasteiger partial charge in [-0.15, -0.1) is 11.3 Å². The predicted octanol–water partition coefficient (Wildman–Crippen LogP) is 3.99. The molecule has 1 fully saturated rings. The fourth-order valence-corrected chi connectivity index (χ4v) is 6.10. The van der Waals surface area contributed by atoms with E-state index in [1.54, 1.807) is 40.2 Å². The van der Waals surface area contributed by atoms with Gasteiger partial charge in [0.2, 0.25) is 10.0 Å². The Bertz CT molecular complexity index is 1170. The van der Waals surface area contributed by atoms with E-state index in [0.717, 1.165) is 41.9 Å². The zero-order chi connectivity index (χ0) is 23.3. The Labute approximate surface area is 199 Å². The topological polar surface area (TPSA) is 92.3 Å². The summed E-state index contributed by atoms with van der Waals surface area (Å²) in [5.74, 6) is 0.351. The van der Waals surface area contributed by atoms with E-state index in [9.17, 15) is 13.2 Å². The van der Waals surface area contributed by atoms with E-state index >= 15 is 0 Å². The van der Waals surface area contributed by atoms with E-state index in [4.69, 9.17) is 0 Å². The molecule has 0 bridgehead atoms. The Morgan fingerprint density at radius 2 is 1.82 bits per heavy atom. The van der Waals surface area contributed by atoms with Gasteiger partial charge in [-0.05, 0) is 61.6 Å². The number of nitrogens with zero attached hydrogens (tertiary/aromatic N) is 3. The number of carbonyl (C=O) groups is 1. The predicted molar refractivity (Wildman–Crippen MR) is 130 cm³/mol. The van der Waals surface area contributed by atoms with Crippen LogP contribution in [0.2, 0.25) is 0 Å². The highest BCUT2D eigenvalue weighted by molar-refractivity contribution is 7.89. The highest BCUT2D eigenvalue weighted by Crippen LogP contribution is 2.24. The Balaban J connectivity index is 1.26. The molecule has 2 aromatic heterocycles. The number of nitrogens with one attached hydrogen (secondary N) is 1.